The van der Waals surface area contributed by atoms with Crippen LogP contribution in [0.5, 0.6) is 0 Å². The van der Waals surface area contributed by atoms with Crippen LogP contribution >= 0.6 is 11.6 Å². The second-order valence-corrected chi connectivity index (χ2v) is 6.51. The van der Waals surface area contributed by atoms with Crippen molar-refractivity contribution in [1.82, 2.24) is 5.32 Å². The van der Waals surface area contributed by atoms with Gasteiger partial charge in [0.15, 0.2) is 5.78 Å². The Morgan fingerprint density at radius 1 is 1.36 bits per heavy atom. The number of para-hydroxylation sites is 1. The summed E-state index contributed by atoms with van der Waals surface area (Å²) in [6.07, 6.45) is 3.01. The van der Waals surface area contributed by atoms with Crippen molar-refractivity contribution in [2.24, 2.45) is 5.16 Å². The standard InChI is InChI=1S/C20H24ClN3O4/c1-2-7-16(24-28-11-6-10-21)19-17(25)12-15(13-18(19)26)23-20(27)22-14-8-4-3-5-9-14/h3-6,8-10,15,25H,2,7,11-13H2,1H3,(H2,22,23,27). The third-order valence-electron chi connectivity index (χ3n) is 4.02. The van der Waals surface area contributed by atoms with E-state index in [2.05, 4.69) is 15.8 Å². The third kappa shape index (κ3) is 6.42. The van der Waals surface area contributed by atoms with Gasteiger partial charge in [-0.1, -0.05) is 48.3 Å². The number of aliphatic hydroxyl groups is 1. The first-order valence-corrected chi connectivity index (χ1v) is 9.51. The number of hydrogen-bond acceptors (Lipinski definition) is 5. The molecule has 0 aromatic heterocycles. The predicted octanol–water partition coefficient (Wildman–Crippen LogP) is 4.28. The van der Waals surface area contributed by atoms with Crippen molar-refractivity contribution in [3.63, 3.8) is 0 Å². The Morgan fingerprint density at radius 2 is 2.11 bits per heavy atom. The molecule has 28 heavy (non-hydrogen) atoms. The van der Waals surface area contributed by atoms with Crippen LogP contribution in [0.4, 0.5) is 10.5 Å². The van der Waals surface area contributed by atoms with Gasteiger partial charge < -0.3 is 20.6 Å². The number of rotatable bonds is 8. The van der Waals surface area contributed by atoms with Crippen LogP contribution < -0.4 is 10.6 Å². The Labute approximate surface area is 169 Å². The number of amides is 2. The minimum Gasteiger partial charge on any atom is -0.511 e. The van der Waals surface area contributed by atoms with E-state index in [9.17, 15) is 14.7 Å². The molecule has 2 amide bonds. The van der Waals surface area contributed by atoms with E-state index in [-0.39, 0.29) is 36.6 Å². The van der Waals surface area contributed by atoms with Gasteiger partial charge in [0.2, 0.25) is 0 Å². The summed E-state index contributed by atoms with van der Waals surface area (Å²) in [6.45, 7) is 2.11. The van der Waals surface area contributed by atoms with Gasteiger partial charge in [-0.25, -0.2) is 4.79 Å². The number of halogens is 1. The van der Waals surface area contributed by atoms with E-state index < -0.39 is 12.1 Å². The normalized spacial score (nSPS) is 17.7. The molecule has 2 rings (SSSR count). The van der Waals surface area contributed by atoms with E-state index >= 15 is 0 Å². The molecule has 0 aliphatic heterocycles. The van der Waals surface area contributed by atoms with Gasteiger partial charge in [-0.05, 0) is 24.6 Å². The second-order valence-electron chi connectivity index (χ2n) is 6.26. The largest absolute Gasteiger partial charge is 0.511 e. The molecule has 0 saturated carbocycles. The number of anilines is 1. The molecule has 0 bridgehead atoms. The van der Waals surface area contributed by atoms with Crippen molar-refractivity contribution in [1.29, 1.82) is 0 Å². The van der Waals surface area contributed by atoms with Gasteiger partial charge in [0.25, 0.3) is 0 Å². The van der Waals surface area contributed by atoms with E-state index in [1.807, 2.05) is 13.0 Å². The number of oxime groups is 1. The Bertz CT molecular complexity index is 775. The molecule has 0 fully saturated rings. The number of nitrogens with one attached hydrogen (secondary N) is 2. The summed E-state index contributed by atoms with van der Waals surface area (Å²) in [5.74, 6) is -0.373. The molecular formula is C20H24ClN3O4. The average Bonchev–Trinajstić information content (AvgIpc) is 2.65. The molecule has 8 heteroatoms. The SMILES string of the molecule is CCCC(=NOCC=CCl)C1=C(O)CC(NC(=O)Nc2ccccc2)CC1=O. The molecule has 1 atom stereocenters. The van der Waals surface area contributed by atoms with Gasteiger partial charge >= 0.3 is 6.03 Å². The zero-order valence-electron chi connectivity index (χ0n) is 15.7. The third-order valence-corrected chi connectivity index (χ3v) is 4.19. The van der Waals surface area contributed by atoms with E-state index in [1.165, 1.54) is 5.54 Å². The van der Waals surface area contributed by atoms with Gasteiger partial charge in [-0.3, -0.25) is 4.79 Å². The zero-order chi connectivity index (χ0) is 20.4. The quantitative estimate of drug-likeness (QED) is 0.341. The fourth-order valence-corrected chi connectivity index (χ4v) is 2.92. The molecule has 0 heterocycles. The van der Waals surface area contributed by atoms with Crippen LogP contribution in [0, 0.1) is 0 Å². The fraction of sp³-hybridized carbons (Fsp3) is 0.350. The summed E-state index contributed by atoms with van der Waals surface area (Å²) in [5, 5.41) is 19.8. The number of nitrogens with zero attached hydrogens (tertiary/aromatic N) is 1. The molecule has 7 nitrogen and oxygen atoms in total. The fourth-order valence-electron chi connectivity index (χ4n) is 2.85. The number of hydrogen-bond donors (Lipinski definition) is 3. The van der Waals surface area contributed by atoms with E-state index in [1.54, 1.807) is 30.3 Å². The van der Waals surface area contributed by atoms with Gasteiger partial charge in [0.05, 0.1) is 11.3 Å². The molecule has 1 aliphatic carbocycles. The Balaban J connectivity index is 2.04. The Hall–Kier alpha value is -2.80. The minimum absolute atomic E-state index is 0.0753. The van der Waals surface area contributed by atoms with E-state index in [0.717, 1.165) is 6.42 Å². The lowest BCUT2D eigenvalue weighted by Crippen LogP contribution is -2.42. The van der Waals surface area contributed by atoms with E-state index in [0.29, 0.717) is 17.8 Å². The molecular weight excluding hydrogens is 382 g/mol. The number of carbonyl (C=O) groups excluding carboxylic acids is 2. The summed E-state index contributed by atoms with van der Waals surface area (Å²) in [7, 11) is 0. The first kappa shape index (κ1) is 21.5. The first-order chi connectivity index (χ1) is 13.5. The number of carbonyl (C=O) groups is 2. The van der Waals surface area contributed by atoms with Crippen molar-refractivity contribution in [2.75, 3.05) is 11.9 Å². The molecule has 1 aromatic rings. The van der Waals surface area contributed by atoms with E-state index in [4.69, 9.17) is 16.4 Å². The summed E-state index contributed by atoms with van der Waals surface area (Å²) in [5.41, 5.74) is 2.54. The molecule has 150 valence electrons. The monoisotopic (exact) mass is 405 g/mol. The maximum absolute atomic E-state index is 12.6. The number of allylic oxidation sites excluding steroid dienone is 1. The highest BCUT2D eigenvalue weighted by molar-refractivity contribution is 6.25. The van der Waals surface area contributed by atoms with Crippen LogP contribution in [-0.2, 0) is 9.63 Å². The lowest BCUT2D eigenvalue weighted by molar-refractivity contribution is -0.116. The number of benzene rings is 1. The highest BCUT2D eigenvalue weighted by atomic mass is 35.5. The van der Waals surface area contributed by atoms with Crippen LogP contribution in [0.3, 0.4) is 0 Å². The van der Waals surface area contributed by atoms with Crippen molar-refractivity contribution in [3.05, 3.63) is 53.3 Å². The summed E-state index contributed by atoms with van der Waals surface area (Å²) in [4.78, 5) is 29.9. The van der Waals surface area contributed by atoms with Crippen molar-refractivity contribution >= 4 is 34.8 Å². The van der Waals surface area contributed by atoms with Gasteiger partial charge in [0, 0.05) is 30.1 Å². The maximum atomic E-state index is 12.6. The average molecular weight is 406 g/mol. The van der Waals surface area contributed by atoms with Gasteiger partial charge in [0.1, 0.15) is 12.4 Å². The smallest absolute Gasteiger partial charge is 0.319 e. The number of ketones is 1. The van der Waals surface area contributed by atoms with Crippen molar-refractivity contribution in [2.45, 2.75) is 38.6 Å². The molecule has 3 N–H and O–H groups in total. The van der Waals surface area contributed by atoms with Crippen molar-refractivity contribution in [3.8, 4) is 0 Å². The van der Waals surface area contributed by atoms with Crippen LogP contribution in [0.2, 0.25) is 0 Å². The second kappa shape index (κ2) is 11.1. The van der Waals surface area contributed by atoms with Crippen molar-refractivity contribution < 1.29 is 19.5 Å². The molecule has 0 spiro atoms. The zero-order valence-corrected chi connectivity index (χ0v) is 16.4. The number of urea groups is 1. The van der Waals surface area contributed by atoms with Crippen LogP contribution in [0.25, 0.3) is 0 Å². The highest BCUT2D eigenvalue weighted by Gasteiger charge is 2.31. The van der Waals surface area contributed by atoms with Gasteiger partial charge in [-0.2, -0.15) is 0 Å². The lowest BCUT2D eigenvalue weighted by Gasteiger charge is -2.25. The van der Waals surface area contributed by atoms with Crippen LogP contribution in [0.1, 0.15) is 32.6 Å². The summed E-state index contributed by atoms with van der Waals surface area (Å²) in [6, 6.07) is 8.04. The molecule has 0 radical (unpaired) electrons. The highest BCUT2D eigenvalue weighted by Crippen LogP contribution is 2.24. The predicted molar refractivity (Wildman–Crippen MR) is 110 cm³/mol. The lowest BCUT2D eigenvalue weighted by atomic mass is 9.88. The van der Waals surface area contributed by atoms with Crippen LogP contribution in [0.15, 0.2) is 58.4 Å². The summed E-state index contributed by atoms with van der Waals surface area (Å²) >= 11 is 5.43. The molecule has 0 saturated heterocycles. The number of Topliss-reactive ketones (excluding diaryl/α,β-unsaturated/α-hetero) is 1. The topological polar surface area (TPSA) is 100 Å². The Morgan fingerprint density at radius 3 is 2.75 bits per heavy atom. The number of aliphatic hydroxyl groups excluding tert-OH is 1. The maximum Gasteiger partial charge on any atom is 0.319 e. The molecule has 1 aromatic carbocycles. The summed E-state index contributed by atoms with van der Waals surface area (Å²) < 4.78 is 0. The van der Waals surface area contributed by atoms with Gasteiger partial charge in [-0.15, -0.1) is 0 Å². The molecule has 1 unspecified atom stereocenters. The van der Waals surface area contributed by atoms with Crippen LogP contribution in [-0.4, -0.2) is 35.3 Å². The first-order valence-electron chi connectivity index (χ1n) is 9.07. The minimum atomic E-state index is -0.497. The Kier molecular flexibility index (Phi) is 8.55. The molecule has 1 aliphatic rings.